The van der Waals surface area contributed by atoms with Crippen LogP contribution in [-0.4, -0.2) is 24.0 Å². The van der Waals surface area contributed by atoms with Gasteiger partial charge in [-0.15, -0.1) is 0 Å². The average molecular weight is 242 g/mol. The van der Waals surface area contributed by atoms with Gasteiger partial charge in [0.15, 0.2) is 0 Å². The molecule has 1 unspecified atom stereocenters. The molecule has 4 nitrogen and oxygen atoms in total. The molecule has 5 heteroatoms. The summed E-state index contributed by atoms with van der Waals surface area (Å²) in [5.74, 6) is 0.456. The van der Waals surface area contributed by atoms with Gasteiger partial charge in [-0.25, -0.2) is 4.98 Å². The van der Waals surface area contributed by atoms with Crippen molar-refractivity contribution in [2.24, 2.45) is 0 Å². The fourth-order valence-corrected chi connectivity index (χ4v) is 1.34. The van der Waals surface area contributed by atoms with Crippen LogP contribution in [0.2, 0.25) is 5.02 Å². The Morgan fingerprint density at radius 1 is 1.62 bits per heavy atom. The summed E-state index contributed by atoms with van der Waals surface area (Å²) in [5, 5.41) is 6.09. The minimum absolute atomic E-state index is 0.134. The Labute approximate surface area is 100 Å². The molecule has 2 N–H and O–H groups in total. The van der Waals surface area contributed by atoms with Gasteiger partial charge in [-0.05, 0) is 19.4 Å². The number of halogens is 1. The Morgan fingerprint density at radius 2 is 2.31 bits per heavy atom. The van der Waals surface area contributed by atoms with Crippen molar-refractivity contribution >= 4 is 23.3 Å². The average Bonchev–Trinajstić information content (AvgIpc) is 2.29. The van der Waals surface area contributed by atoms with Crippen LogP contribution >= 0.6 is 11.6 Å². The summed E-state index contributed by atoms with van der Waals surface area (Å²) in [5.41, 5.74) is 0.446. The van der Waals surface area contributed by atoms with E-state index in [0.29, 0.717) is 16.4 Å². The van der Waals surface area contributed by atoms with Crippen molar-refractivity contribution in [3.8, 4) is 0 Å². The minimum atomic E-state index is -0.168. The number of pyridine rings is 1. The zero-order valence-electron chi connectivity index (χ0n) is 9.67. The molecule has 0 bridgehead atoms. The number of anilines is 1. The molecule has 1 aromatic heterocycles. The standard InChI is InChI=1S/C11H16ClN3O/c1-4-7(2)15-11(16)8-5-10(13-3)14-6-9(8)12/h5-7H,4H2,1-3H3,(H,13,14)(H,15,16). The van der Waals surface area contributed by atoms with E-state index < -0.39 is 0 Å². The van der Waals surface area contributed by atoms with Crippen LogP contribution in [-0.2, 0) is 0 Å². The number of carbonyl (C=O) groups is 1. The van der Waals surface area contributed by atoms with Gasteiger partial charge in [-0.1, -0.05) is 18.5 Å². The van der Waals surface area contributed by atoms with Gasteiger partial charge in [-0.2, -0.15) is 0 Å². The summed E-state index contributed by atoms with van der Waals surface area (Å²) in [6, 6.07) is 1.77. The first kappa shape index (κ1) is 12.8. The number of nitrogens with zero attached hydrogens (tertiary/aromatic N) is 1. The molecule has 88 valence electrons. The second kappa shape index (κ2) is 5.70. The van der Waals surface area contributed by atoms with E-state index >= 15 is 0 Å². The summed E-state index contributed by atoms with van der Waals surface area (Å²) >= 11 is 5.92. The summed E-state index contributed by atoms with van der Waals surface area (Å²) in [7, 11) is 1.74. The van der Waals surface area contributed by atoms with E-state index in [0.717, 1.165) is 6.42 Å². The molecule has 1 heterocycles. The van der Waals surface area contributed by atoms with Gasteiger partial charge in [0, 0.05) is 19.3 Å². The van der Waals surface area contributed by atoms with Gasteiger partial charge >= 0.3 is 0 Å². The molecule has 0 aromatic carbocycles. The smallest absolute Gasteiger partial charge is 0.253 e. The normalized spacial score (nSPS) is 12.0. The highest BCUT2D eigenvalue weighted by molar-refractivity contribution is 6.33. The highest BCUT2D eigenvalue weighted by atomic mass is 35.5. The van der Waals surface area contributed by atoms with Crippen molar-refractivity contribution in [2.75, 3.05) is 12.4 Å². The molecule has 0 saturated heterocycles. The Balaban J connectivity index is 2.89. The first-order valence-corrected chi connectivity index (χ1v) is 5.60. The van der Waals surface area contributed by atoms with Gasteiger partial charge in [-0.3, -0.25) is 4.79 Å². The number of amides is 1. The Morgan fingerprint density at radius 3 is 2.88 bits per heavy atom. The zero-order valence-corrected chi connectivity index (χ0v) is 10.4. The lowest BCUT2D eigenvalue weighted by Gasteiger charge is -2.12. The van der Waals surface area contributed by atoms with Crippen LogP contribution in [0.1, 0.15) is 30.6 Å². The lowest BCUT2D eigenvalue weighted by molar-refractivity contribution is 0.0939. The van der Waals surface area contributed by atoms with Crippen LogP contribution in [0.25, 0.3) is 0 Å². The highest BCUT2D eigenvalue weighted by Crippen LogP contribution is 2.17. The van der Waals surface area contributed by atoms with Crippen LogP contribution < -0.4 is 10.6 Å². The number of hydrogen-bond acceptors (Lipinski definition) is 3. The van der Waals surface area contributed by atoms with Crippen molar-refractivity contribution in [3.05, 3.63) is 22.8 Å². The lowest BCUT2D eigenvalue weighted by atomic mass is 10.2. The number of nitrogens with one attached hydrogen (secondary N) is 2. The lowest BCUT2D eigenvalue weighted by Crippen LogP contribution is -2.32. The molecular weight excluding hydrogens is 226 g/mol. The largest absolute Gasteiger partial charge is 0.373 e. The monoisotopic (exact) mass is 241 g/mol. The van der Waals surface area contributed by atoms with Crippen molar-refractivity contribution < 1.29 is 4.79 Å². The Kier molecular flexibility index (Phi) is 4.55. The predicted octanol–water partition coefficient (Wildman–Crippen LogP) is 2.31. The first-order chi connectivity index (χ1) is 7.58. The van der Waals surface area contributed by atoms with Crippen LogP contribution in [0.5, 0.6) is 0 Å². The van der Waals surface area contributed by atoms with Crippen molar-refractivity contribution in [1.29, 1.82) is 0 Å². The molecule has 1 atom stereocenters. The van der Waals surface area contributed by atoms with E-state index in [9.17, 15) is 4.79 Å². The third-order valence-corrected chi connectivity index (χ3v) is 2.65. The molecule has 16 heavy (non-hydrogen) atoms. The van der Waals surface area contributed by atoms with Crippen molar-refractivity contribution in [2.45, 2.75) is 26.3 Å². The fourth-order valence-electron chi connectivity index (χ4n) is 1.15. The number of rotatable bonds is 4. The van der Waals surface area contributed by atoms with Crippen LogP contribution in [0.4, 0.5) is 5.82 Å². The van der Waals surface area contributed by atoms with Crippen molar-refractivity contribution in [1.82, 2.24) is 10.3 Å². The van der Waals surface area contributed by atoms with E-state index in [1.54, 1.807) is 13.1 Å². The predicted molar refractivity (Wildman–Crippen MR) is 66.0 cm³/mol. The Hall–Kier alpha value is -1.29. The van der Waals surface area contributed by atoms with E-state index in [1.165, 1.54) is 6.20 Å². The molecule has 1 aromatic rings. The molecule has 1 amide bonds. The van der Waals surface area contributed by atoms with Gasteiger partial charge in [0.25, 0.3) is 5.91 Å². The third-order valence-electron chi connectivity index (χ3n) is 2.35. The molecule has 0 aliphatic carbocycles. The van der Waals surface area contributed by atoms with Gasteiger partial charge in [0.1, 0.15) is 5.82 Å². The van der Waals surface area contributed by atoms with E-state index in [-0.39, 0.29) is 11.9 Å². The number of carbonyl (C=O) groups excluding carboxylic acids is 1. The fraction of sp³-hybridized carbons (Fsp3) is 0.455. The Bertz CT molecular complexity index is 381. The summed E-state index contributed by atoms with van der Waals surface area (Å²) < 4.78 is 0. The molecule has 0 fully saturated rings. The second-order valence-corrected chi connectivity index (χ2v) is 3.99. The second-order valence-electron chi connectivity index (χ2n) is 3.58. The van der Waals surface area contributed by atoms with Gasteiger partial charge in [0.2, 0.25) is 0 Å². The highest BCUT2D eigenvalue weighted by Gasteiger charge is 2.13. The van der Waals surface area contributed by atoms with E-state index in [4.69, 9.17) is 11.6 Å². The SMILES string of the molecule is CCC(C)NC(=O)c1cc(NC)ncc1Cl. The zero-order chi connectivity index (χ0) is 12.1. The molecule has 1 rings (SSSR count). The maximum atomic E-state index is 11.9. The maximum Gasteiger partial charge on any atom is 0.253 e. The molecular formula is C11H16ClN3O. The minimum Gasteiger partial charge on any atom is -0.373 e. The number of aromatic nitrogens is 1. The maximum absolute atomic E-state index is 11.9. The number of hydrogen-bond donors (Lipinski definition) is 2. The van der Waals surface area contributed by atoms with E-state index in [2.05, 4.69) is 15.6 Å². The molecule has 0 aliphatic heterocycles. The van der Waals surface area contributed by atoms with Gasteiger partial charge in [0.05, 0.1) is 10.6 Å². The summed E-state index contributed by atoms with van der Waals surface area (Å²) in [6.45, 7) is 3.96. The molecule has 0 saturated carbocycles. The first-order valence-electron chi connectivity index (χ1n) is 5.22. The molecule has 0 aliphatic rings. The van der Waals surface area contributed by atoms with Crippen LogP contribution in [0.3, 0.4) is 0 Å². The molecule has 0 spiro atoms. The van der Waals surface area contributed by atoms with Crippen LogP contribution in [0.15, 0.2) is 12.3 Å². The quantitative estimate of drug-likeness (QED) is 0.851. The third kappa shape index (κ3) is 3.10. The van der Waals surface area contributed by atoms with Crippen molar-refractivity contribution in [3.63, 3.8) is 0 Å². The topological polar surface area (TPSA) is 54.0 Å². The van der Waals surface area contributed by atoms with E-state index in [1.807, 2.05) is 13.8 Å². The summed E-state index contributed by atoms with van der Waals surface area (Å²) in [4.78, 5) is 15.9. The van der Waals surface area contributed by atoms with Gasteiger partial charge < -0.3 is 10.6 Å². The van der Waals surface area contributed by atoms with Crippen LogP contribution in [0, 0.1) is 0 Å². The molecule has 0 radical (unpaired) electrons. The summed E-state index contributed by atoms with van der Waals surface area (Å²) in [6.07, 6.45) is 2.35.